The first-order valence-corrected chi connectivity index (χ1v) is 8.10. The van der Waals surface area contributed by atoms with Gasteiger partial charge in [-0.1, -0.05) is 6.92 Å². The van der Waals surface area contributed by atoms with Gasteiger partial charge in [0.2, 0.25) is 0 Å². The third-order valence-electron chi connectivity index (χ3n) is 3.57. The quantitative estimate of drug-likeness (QED) is 0.841. The zero-order valence-electron chi connectivity index (χ0n) is 12.4. The molecule has 1 aliphatic rings. The van der Waals surface area contributed by atoms with Gasteiger partial charge in [0.15, 0.2) is 0 Å². The lowest BCUT2D eigenvalue weighted by atomic mass is 10.2. The molecule has 0 amide bonds. The van der Waals surface area contributed by atoms with Crippen LogP contribution in [0.3, 0.4) is 0 Å². The van der Waals surface area contributed by atoms with Crippen LogP contribution in [0.1, 0.15) is 47.2 Å². The van der Waals surface area contributed by atoms with Crippen molar-refractivity contribution in [2.75, 3.05) is 32.8 Å². The first-order valence-electron chi connectivity index (χ1n) is 7.28. The molecular formula is C14H23N3O2S. The van der Waals surface area contributed by atoms with E-state index in [2.05, 4.69) is 22.1 Å². The van der Waals surface area contributed by atoms with Crippen LogP contribution in [-0.4, -0.2) is 48.6 Å². The number of esters is 1. The molecular weight excluding hydrogens is 274 g/mol. The minimum absolute atomic E-state index is 0.236. The summed E-state index contributed by atoms with van der Waals surface area (Å²) < 4.78 is 5.12. The molecule has 112 valence electrons. The van der Waals surface area contributed by atoms with Gasteiger partial charge in [0, 0.05) is 26.2 Å². The summed E-state index contributed by atoms with van der Waals surface area (Å²) in [6.07, 6.45) is 0.763. The number of hydrogen-bond acceptors (Lipinski definition) is 6. The Balaban J connectivity index is 2.17. The van der Waals surface area contributed by atoms with Crippen LogP contribution in [-0.2, 0) is 11.2 Å². The summed E-state index contributed by atoms with van der Waals surface area (Å²) >= 11 is 1.49. The Kier molecular flexibility index (Phi) is 5.51. The second-order valence-corrected chi connectivity index (χ2v) is 5.89. The van der Waals surface area contributed by atoms with Gasteiger partial charge < -0.3 is 10.1 Å². The van der Waals surface area contributed by atoms with Crippen molar-refractivity contribution in [1.29, 1.82) is 0 Å². The maximum atomic E-state index is 12.0. The third kappa shape index (κ3) is 3.37. The van der Waals surface area contributed by atoms with E-state index in [1.807, 2.05) is 13.8 Å². The molecule has 1 unspecified atom stereocenters. The predicted octanol–water partition coefficient (Wildman–Crippen LogP) is 1.85. The molecule has 1 aliphatic heterocycles. The van der Waals surface area contributed by atoms with Crippen molar-refractivity contribution >= 4 is 17.3 Å². The molecule has 0 bridgehead atoms. The standard InChI is InChI=1S/C14H23N3O2S/c1-4-11-12(14(18)19-5-2)20-13(16-11)10(3)17-8-6-15-7-9-17/h10,15H,4-9H2,1-3H3. The summed E-state index contributed by atoms with van der Waals surface area (Å²) in [5.74, 6) is -0.236. The van der Waals surface area contributed by atoms with Gasteiger partial charge in [-0.3, -0.25) is 4.90 Å². The number of aromatic nitrogens is 1. The lowest BCUT2D eigenvalue weighted by Crippen LogP contribution is -2.44. The zero-order chi connectivity index (χ0) is 14.5. The monoisotopic (exact) mass is 297 g/mol. The molecule has 1 saturated heterocycles. The summed E-state index contributed by atoms with van der Waals surface area (Å²) in [5.41, 5.74) is 0.866. The molecule has 2 rings (SSSR count). The Bertz CT molecular complexity index is 455. The third-order valence-corrected chi connectivity index (χ3v) is 4.81. The van der Waals surface area contributed by atoms with Crippen molar-refractivity contribution in [2.24, 2.45) is 0 Å². The number of hydrogen-bond donors (Lipinski definition) is 1. The Morgan fingerprint density at radius 3 is 2.75 bits per heavy atom. The van der Waals surface area contributed by atoms with Crippen LogP contribution in [0.2, 0.25) is 0 Å². The second-order valence-electron chi connectivity index (χ2n) is 4.86. The highest BCUT2D eigenvalue weighted by Crippen LogP contribution is 2.28. The molecule has 0 aliphatic carbocycles. The average molecular weight is 297 g/mol. The van der Waals surface area contributed by atoms with E-state index in [1.165, 1.54) is 11.3 Å². The van der Waals surface area contributed by atoms with E-state index >= 15 is 0 Å². The first-order chi connectivity index (χ1) is 9.67. The highest BCUT2D eigenvalue weighted by molar-refractivity contribution is 7.13. The van der Waals surface area contributed by atoms with Crippen LogP contribution < -0.4 is 5.32 Å². The summed E-state index contributed by atoms with van der Waals surface area (Å²) in [4.78, 5) is 19.7. The molecule has 6 heteroatoms. The van der Waals surface area contributed by atoms with Crippen molar-refractivity contribution in [2.45, 2.75) is 33.2 Å². The van der Waals surface area contributed by atoms with E-state index in [0.717, 1.165) is 43.3 Å². The van der Waals surface area contributed by atoms with E-state index in [1.54, 1.807) is 0 Å². The number of nitrogens with zero attached hydrogens (tertiary/aromatic N) is 2. The first kappa shape index (κ1) is 15.4. The number of carbonyl (C=O) groups excluding carboxylic acids is 1. The smallest absolute Gasteiger partial charge is 0.350 e. The summed E-state index contributed by atoms with van der Waals surface area (Å²) in [6, 6.07) is 0.260. The maximum Gasteiger partial charge on any atom is 0.350 e. The molecule has 5 nitrogen and oxygen atoms in total. The number of aryl methyl sites for hydroxylation is 1. The molecule has 0 aromatic carbocycles. The number of ether oxygens (including phenoxy) is 1. The fourth-order valence-corrected chi connectivity index (χ4v) is 3.50. The number of rotatable bonds is 5. The molecule has 1 N–H and O–H groups in total. The molecule has 1 atom stereocenters. The van der Waals surface area contributed by atoms with E-state index < -0.39 is 0 Å². The van der Waals surface area contributed by atoms with Crippen LogP contribution in [0, 0.1) is 0 Å². The molecule has 0 saturated carbocycles. The summed E-state index contributed by atoms with van der Waals surface area (Å²) in [7, 11) is 0. The van der Waals surface area contributed by atoms with Crippen LogP contribution in [0.4, 0.5) is 0 Å². The molecule has 2 heterocycles. The van der Waals surface area contributed by atoms with Crippen LogP contribution in [0.15, 0.2) is 0 Å². The van der Waals surface area contributed by atoms with Gasteiger partial charge in [-0.15, -0.1) is 11.3 Å². The van der Waals surface area contributed by atoms with Crippen molar-refractivity contribution in [3.8, 4) is 0 Å². The zero-order valence-corrected chi connectivity index (χ0v) is 13.3. The van der Waals surface area contributed by atoms with Crippen LogP contribution in [0.25, 0.3) is 0 Å². The molecule has 1 aromatic heterocycles. The minimum Gasteiger partial charge on any atom is -0.462 e. The molecule has 0 radical (unpaired) electrons. The van der Waals surface area contributed by atoms with Gasteiger partial charge in [0.1, 0.15) is 9.88 Å². The minimum atomic E-state index is -0.236. The van der Waals surface area contributed by atoms with Gasteiger partial charge in [0.05, 0.1) is 18.3 Å². The van der Waals surface area contributed by atoms with Crippen LogP contribution in [0.5, 0.6) is 0 Å². The van der Waals surface area contributed by atoms with Gasteiger partial charge in [-0.25, -0.2) is 9.78 Å². The average Bonchev–Trinajstić information content (AvgIpc) is 2.92. The second kappa shape index (κ2) is 7.15. The van der Waals surface area contributed by atoms with Gasteiger partial charge in [-0.2, -0.15) is 0 Å². The maximum absolute atomic E-state index is 12.0. The highest BCUT2D eigenvalue weighted by atomic mass is 32.1. The Morgan fingerprint density at radius 1 is 1.45 bits per heavy atom. The lowest BCUT2D eigenvalue weighted by Gasteiger charge is -2.31. The Labute approximate surface area is 124 Å². The molecule has 20 heavy (non-hydrogen) atoms. The van der Waals surface area contributed by atoms with Crippen molar-refractivity contribution < 1.29 is 9.53 Å². The van der Waals surface area contributed by atoms with Crippen molar-refractivity contribution in [3.63, 3.8) is 0 Å². The largest absolute Gasteiger partial charge is 0.462 e. The van der Waals surface area contributed by atoms with Gasteiger partial charge >= 0.3 is 5.97 Å². The molecule has 1 fully saturated rings. The van der Waals surface area contributed by atoms with Crippen molar-refractivity contribution in [3.05, 3.63) is 15.6 Å². The topological polar surface area (TPSA) is 54.5 Å². The van der Waals surface area contributed by atoms with Gasteiger partial charge in [0.25, 0.3) is 0 Å². The number of piperazine rings is 1. The summed E-state index contributed by atoms with van der Waals surface area (Å²) in [5, 5.41) is 4.37. The lowest BCUT2D eigenvalue weighted by molar-refractivity contribution is 0.0530. The normalized spacial score (nSPS) is 17.9. The van der Waals surface area contributed by atoms with Crippen molar-refractivity contribution in [1.82, 2.24) is 15.2 Å². The van der Waals surface area contributed by atoms with Crippen LogP contribution >= 0.6 is 11.3 Å². The Morgan fingerprint density at radius 2 is 2.15 bits per heavy atom. The Hall–Kier alpha value is -0.980. The summed E-state index contributed by atoms with van der Waals surface area (Å²) in [6.45, 7) is 10.5. The van der Waals surface area contributed by atoms with E-state index in [9.17, 15) is 4.79 Å². The molecule has 1 aromatic rings. The molecule has 0 spiro atoms. The fraction of sp³-hybridized carbons (Fsp3) is 0.714. The highest BCUT2D eigenvalue weighted by Gasteiger charge is 2.24. The predicted molar refractivity (Wildman–Crippen MR) is 80.3 cm³/mol. The number of thiazole rings is 1. The van der Waals surface area contributed by atoms with Gasteiger partial charge in [-0.05, 0) is 20.3 Å². The SMILES string of the molecule is CCOC(=O)c1sc(C(C)N2CCNCC2)nc1CC. The van der Waals surface area contributed by atoms with E-state index in [4.69, 9.17) is 4.74 Å². The van der Waals surface area contributed by atoms with E-state index in [-0.39, 0.29) is 12.0 Å². The number of nitrogens with one attached hydrogen (secondary N) is 1. The fourth-order valence-electron chi connectivity index (χ4n) is 2.37. The number of carbonyl (C=O) groups is 1. The van der Waals surface area contributed by atoms with E-state index in [0.29, 0.717) is 11.5 Å².